The van der Waals surface area contributed by atoms with Gasteiger partial charge < -0.3 is 14.2 Å². The molecule has 0 saturated heterocycles. The second-order valence-corrected chi connectivity index (χ2v) is 15.4. The van der Waals surface area contributed by atoms with E-state index >= 15 is 0 Å². The van der Waals surface area contributed by atoms with Crippen molar-refractivity contribution in [2.75, 3.05) is 13.2 Å². The van der Waals surface area contributed by atoms with Crippen LogP contribution in [0.3, 0.4) is 0 Å². The average Bonchev–Trinajstić information content (AvgIpc) is 3.29. The molecule has 0 saturated carbocycles. The molecule has 64 heavy (non-hydrogen) atoms. The molecule has 0 amide bonds. The highest BCUT2D eigenvalue weighted by atomic mass is 16.6. The number of carbonyl (C=O) groups excluding carboxylic acids is 3. The van der Waals surface area contributed by atoms with Crippen LogP contribution in [0.25, 0.3) is 0 Å². The summed E-state index contributed by atoms with van der Waals surface area (Å²) in [5.41, 5.74) is 0. The van der Waals surface area contributed by atoms with E-state index in [-0.39, 0.29) is 38.4 Å². The SMILES string of the molecule is CC/C=C\C/C=C\C/C=C\C/C=C\C/C=C\C/C=C\CCC(=O)OCC(COC(=O)C/C=C\C/C=C\C/C=C\CC)OC(=O)CCCCCCC\C=C/C=C\C=C/C=C\CCCCC. The van der Waals surface area contributed by atoms with Crippen molar-refractivity contribution in [2.24, 2.45) is 0 Å². The largest absolute Gasteiger partial charge is 0.462 e. The van der Waals surface area contributed by atoms with E-state index < -0.39 is 18.0 Å². The molecule has 6 heteroatoms. The van der Waals surface area contributed by atoms with E-state index in [1.807, 2.05) is 24.3 Å². The zero-order chi connectivity index (χ0) is 46.5. The van der Waals surface area contributed by atoms with Crippen molar-refractivity contribution >= 4 is 17.9 Å². The topological polar surface area (TPSA) is 78.9 Å². The first-order chi connectivity index (χ1) is 31.5. The number of allylic oxidation sites excluding steroid dienone is 25. The molecule has 1 atom stereocenters. The minimum absolute atomic E-state index is 0.108. The molecule has 0 aromatic carbocycles. The second kappa shape index (κ2) is 50.7. The Kier molecular flexibility index (Phi) is 46.7. The van der Waals surface area contributed by atoms with Crippen LogP contribution >= 0.6 is 0 Å². The van der Waals surface area contributed by atoms with Gasteiger partial charge >= 0.3 is 17.9 Å². The predicted molar refractivity (Wildman–Crippen MR) is 274 cm³/mol. The molecule has 0 aromatic heterocycles. The van der Waals surface area contributed by atoms with Crippen LogP contribution in [0.15, 0.2) is 158 Å². The number of hydrogen-bond donors (Lipinski definition) is 0. The first-order valence-electron chi connectivity index (χ1n) is 24.5. The number of hydrogen-bond acceptors (Lipinski definition) is 6. The molecule has 0 N–H and O–H groups in total. The van der Waals surface area contributed by atoms with Crippen molar-refractivity contribution in [3.05, 3.63) is 158 Å². The van der Waals surface area contributed by atoms with Gasteiger partial charge in [-0.2, -0.15) is 0 Å². The van der Waals surface area contributed by atoms with E-state index in [1.54, 1.807) is 6.08 Å². The summed E-state index contributed by atoms with van der Waals surface area (Å²) >= 11 is 0. The Morgan fingerprint density at radius 2 is 0.766 bits per heavy atom. The van der Waals surface area contributed by atoms with Gasteiger partial charge in [0.15, 0.2) is 6.10 Å². The molecule has 0 rings (SSSR count). The van der Waals surface area contributed by atoms with Crippen LogP contribution in [0.5, 0.6) is 0 Å². The van der Waals surface area contributed by atoms with Crippen LogP contribution in [0.4, 0.5) is 0 Å². The van der Waals surface area contributed by atoms with Crippen LogP contribution in [0, 0.1) is 0 Å². The fraction of sp³-hybridized carbons (Fsp3) is 0.500. The Morgan fingerprint density at radius 3 is 1.27 bits per heavy atom. The van der Waals surface area contributed by atoms with Crippen LogP contribution in [0.1, 0.15) is 168 Å². The molecule has 354 valence electrons. The average molecular weight is 879 g/mol. The molecule has 0 fully saturated rings. The summed E-state index contributed by atoms with van der Waals surface area (Å²) in [6.45, 7) is 6.14. The quantitative estimate of drug-likeness (QED) is 0.0200. The normalized spacial score (nSPS) is 13.5. The molecule has 0 spiro atoms. The Hall–Kier alpha value is -4.97. The third kappa shape index (κ3) is 48.1. The van der Waals surface area contributed by atoms with Gasteiger partial charge in [-0.25, -0.2) is 0 Å². The molecule has 0 aliphatic carbocycles. The van der Waals surface area contributed by atoms with Gasteiger partial charge in [-0.3, -0.25) is 14.4 Å². The molecule has 0 radical (unpaired) electrons. The summed E-state index contributed by atoms with van der Waals surface area (Å²) in [6.07, 6.45) is 74.1. The van der Waals surface area contributed by atoms with Gasteiger partial charge in [-0.15, -0.1) is 0 Å². The molecule has 0 bridgehead atoms. The summed E-state index contributed by atoms with van der Waals surface area (Å²) in [5.74, 6) is -1.21. The van der Waals surface area contributed by atoms with Crippen molar-refractivity contribution < 1.29 is 28.6 Å². The third-order valence-electron chi connectivity index (χ3n) is 9.39. The van der Waals surface area contributed by atoms with E-state index in [4.69, 9.17) is 14.2 Å². The fourth-order valence-electron chi connectivity index (χ4n) is 5.77. The zero-order valence-corrected chi connectivity index (χ0v) is 40.2. The van der Waals surface area contributed by atoms with Gasteiger partial charge in [-0.1, -0.05) is 211 Å². The van der Waals surface area contributed by atoms with E-state index in [9.17, 15) is 14.4 Å². The van der Waals surface area contributed by atoms with Crippen LogP contribution < -0.4 is 0 Å². The van der Waals surface area contributed by atoms with E-state index in [0.717, 1.165) is 96.3 Å². The fourth-order valence-corrected chi connectivity index (χ4v) is 5.77. The monoisotopic (exact) mass is 879 g/mol. The first-order valence-corrected chi connectivity index (χ1v) is 24.5. The Morgan fingerprint density at radius 1 is 0.359 bits per heavy atom. The molecule has 0 aromatic rings. The Balaban J connectivity index is 4.60. The van der Waals surface area contributed by atoms with Crippen LogP contribution in [-0.2, 0) is 28.6 Å². The minimum atomic E-state index is -0.863. The maximum absolute atomic E-state index is 12.8. The predicted octanol–water partition coefficient (Wildman–Crippen LogP) is 16.2. The van der Waals surface area contributed by atoms with Crippen molar-refractivity contribution in [1.29, 1.82) is 0 Å². The zero-order valence-electron chi connectivity index (χ0n) is 40.2. The highest BCUT2D eigenvalue weighted by Gasteiger charge is 2.19. The van der Waals surface area contributed by atoms with Crippen molar-refractivity contribution in [1.82, 2.24) is 0 Å². The van der Waals surface area contributed by atoms with E-state index in [2.05, 4.69) is 148 Å². The van der Waals surface area contributed by atoms with Gasteiger partial charge in [0, 0.05) is 12.8 Å². The highest BCUT2D eigenvalue weighted by Crippen LogP contribution is 2.10. The lowest BCUT2D eigenvalue weighted by molar-refractivity contribution is -0.166. The van der Waals surface area contributed by atoms with Crippen LogP contribution in [-0.4, -0.2) is 37.2 Å². The number of carbonyl (C=O) groups is 3. The van der Waals surface area contributed by atoms with Crippen molar-refractivity contribution in [2.45, 2.75) is 175 Å². The number of rotatable bonds is 41. The lowest BCUT2D eigenvalue weighted by Crippen LogP contribution is -2.30. The molecular weight excluding hydrogens is 793 g/mol. The molecule has 6 nitrogen and oxygen atoms in total. The molecular formula is C58H86O6. The van der Waals surface area contributed by atoms with Gasteiger partial charge in [0.2, 0.25) is 0 Å². The smallest absolute Gasteiger partial charge is 0.309 e. The highest BCUT2D eigenvalue weighted by molar-refractivity contribution is 5.72. The summed E-state index contributed by atoms with van der Waals surface area (Å²) in [5, 5.41) is 0. The van der Waals surface area contributed by atoms with Crippen LogP contribution in [0.2, 0.25) is 0 Å². The van der Waals surface area contributed by atoms with Gasteiger partial charge in [0.05, 0.1) is 6.42 Å². The third-order valence-corrected chi connectivity index (χ3v) is 9.39. The number of unbranched alkanes of at least 4 members (excludes halogenated alkanes) is 8. The maximum Gasteiger partial charge on any atom is 0.309 e. The lowest BCUT2D eigenvalue weighted by Gasteiger charge is -2.18. The molecule has 0 aliphatic rings. The van der Waals surface area contributed by atoms with E-state index in [0.29, 0.717) is 12.8 Å². The summed E-state index contributed by atoms with van der Waals surface area (Å²) < 4.78 is 16.5. The number of ether oxygens (including phenoxy) is 3. The maximum atomic E-state index is 12.8. The summed E-state index contributed by atoms with van der Waals surface area (Å²) in [6, 6.07) is 0. The summed E-state index contributed by atoms with van der Waals surface area (Å²) in [4.78, 5) is 37.7. The Bertz CT molecular complexity index is 1520. The first kappa shape index (κ1) is 59.0. The summed E-state index contributed by atoms with van der Waals surface area (Å²) in [7, 11) is 0. The molecule has 0 aliphatic heterocycles. The number of esters is 3. The van der Waals surface area contributed by atoms with Crippen molar-refractivity contribution in [3.8, 4) is 0 Å². The Labute approximate surface area is 390 Å². The van der Waals surface area contributed by atoms with Gasteiger partial charge in [-0.05, 0) is 96.3 Å². The van der Waals surface area contributed by atoms with Crippen molar-refractivity contribution in [3.63, 3.8) is 0 Å². The van der Waals surface area contributed by atoms with Gasteiger partial charge in [0.25, 0.3) is 0 Å². The lowest BCUT2D eigenvalue weighted by atomic mass is 10.1. The molecule has 1 unspecified atom stereocenters. The molecule has 0 heterocycles. The standard InChI is InChI=1S/C58H86O6/c1-4-7-10-13-16-19-21-23-25-27-29-31-32-34-36-39-42-45-48-51-57(60)63-54-55(53-62-56(59)50-47-44-41-38-18-15-12-9-6-3)64-58(61)52-49-46-43-40-37-35-33-30-28-26-24-22-20-17-14-11-8-5-2/h7,9-10,12,16-20,22-26,28-31,33-34,36,38,42,44-45,47,55H,4-6,8,11,13-15,21,27,32,35,37,39-41,43,46,48-54H2,1-3H3/b10-7-,12-9-,19-16-,20-17-,24-22-,25-23-,28-26-,31-29-,33-30-,36-34-,38-18-,45-42-,47-44-. The minimum Gasteiger partial charge on any atom is -0.462 e. The second-order valence-electron chi connectivity index (χ2n) is 15.4. The van der Waals surface area contributed by atoms with Gasteiger partial charge in [0.1, 0.15) is 13.2 Å². The van der Waals surface area contributed by atoms with E-state index in [1.165, 1.54) is 19.3 Å².